The molecule has 1 rings (SSSR count). The molecule has 1 aliphatic carbocycles. The van der Waals surface area contributed by atoms with Gasteiger partial charge in [-0.1, -0.05) is 48.1 Å². The molecule has 1 aliphatic rings. The summed E-state index contributed by atoms with van der Waals surface area (Å²) < 4.78 is 32.4. The van der Waals surface area contributed by atoms with Crippen LogP contribution in [-0.2, 0) is 18.4 Å². The minimum Gasteiger partial charge on any atom is -0.463 e. The van der Waals surface area contributed by atoms with Gasteiger partial charge < -0.3 is 13.6 Å². The molecule has 0 saturated heterocycles. The summed E-state index contributed by atoms with van der Waals surface area (Å²) in [4.78, 5) is 12.4. The molecule has 0 amide bonds. The van der Waals surface area contributed by atoms with E-state index < -0.39 is 16.6 Å². The maximum Gasteiger partial charge on any atom is 0.331 e. The molecule has 33 heavy (non-hydrogen) atoms. The molecule has 0 unspecified atom stereocenters. The van der Waals surface area contributed by atoms with Crippen molar-refractivity contribution in [1.29, 1.82) is 0 Å². The van der Waals surface area contributed by atoms with Crippen molar-refractivity contribution in [2.45, 2.75) is 116 Å². The van der Waals surface area contributed by atoms with Crippen LogP contribution < -0.4 is 0 Å². The van der Waals surface area contributed by atoms with Gasteiger partial charge in [-0.15, -0.1) is 0 Å². The lowest BCUT2D eigenvalue weighted by atomic mass is 9.76. The highest BCUT2D eigenvalue weighted by Gasteiger charge is 2.48. The summed E-state index contributed by atoms with van der Waals surface area (Å²) in [5, 5.41) is 0.0447. The zero-order valence-corrected chi connectivity index (χ0v) is 25.1. The van der Waals surface area contributed by atoms with Gasteiger partial charge in [0.2, 0.25) is 0 Å². The van der Waals surface area contributed by atoms with Crippen LogP contribution in [0.1, 0.15) is 67.7 Å². The SMILES string of the molecule is C=C1/C(=C/C(=O)OCC)C[C@@H](O[Si](C)(C)C(C)(C)C)[C@@H](CCCF)[C@H]1O[Si](C)(C)C(C)(C)C. The molecule has 0 aromatic carbocycles. The molecule has 0 bridgehead atoms. The standard InChI is InChI=1S/C26H49FO4Si2/c1-13-29-23(28)18-20-17-22(30-32(9,10)25(3,4)5)21(15-14-16-27)24(19(20)2)31-33(11,12)26(6,7)8/h18,21-22,24H,2,13-17H2,1,3-12H3/b20-18+/t21-,22-,24+/m1/s1. The second kappa shape index (κ2) is 11.3. The average Bonchev–Trinajstić information content (AvgIpc) is 2.63. The number of hydrogen-bond acceptors (Lipinski definition) is 4. The lowest BCUT2D eigenvalue weighted by Gasteiger charge is -2.49. The van der Waals surface area contributed by atoms with Gasteiger partial charge in [0, 0.05) is 12.0 Å². The fraction of sp³-hybridized carbons (Fsp3) is 0.808. The van der Waals surface area contributed by atoms with Gasteiger partial charge in [-0.05, 0) is 73.6 Å². The summed E-state index contributed by atoms with van der Waals surface area (Å²) >= 11 is 0. The molecule has 0 aliphatic heterocycles. The Bertz CT molecular complexity index is 717. The Hall–Kier alpha value is -0.766. The van der Waals surface area contributed by atoms with Crippen molar-refractivity contribution in [2.24, 2.45) is 5.92 Å². The van der Waals surface area contributed by atoms with Gasteiger partial charge in [-0.3, -0.25) is 4.39 Å². The highest BCUT2D eigenvalue weighted by Crippen LogP contribution is 2.47. The Labute approximate surface area is 204 Å². The van der Waals surface area contributed by atoms with E-state index in [1.807, 2.05) is 0 Å². The Morgan fingerprint density at radius 3 is 2.03 bits per heavy atom. The number of carbonyl (C=O) groups is 1. The molecule has 0 heterocycles. The third kappa shape index (κ3) is 7.87. The minimum absolute atomic E-state index is 0.00385. The Balaban J connectivity index is 3.52. The molecule has 1 fully saturated rings. The lowest BCUT2D eigenvalue weighted by Crippen LogP contribution is -2.53. The van der Waals surface area contributed by atoms with Crippen molar-refractivity contribution in [3.63, 3.8) is 0 Å². The normalized spacial score (nSPS) is 24.3. The first-order valence-electron chi connectivity index (χ1n) is 12.4. The highest BCUT2D eigenvalue weighted by molar-refractivity contribution is 6.74. The smallest absolute Gasteiger partial charge is 0.331 e. The Morgan fingerprint density at radius 1 is 1.06 bits per heavy atom. The number of ether oxygens (including phenoxy) is 1. The molecule has 0 aromatic heterocycles. The predicted molar refractivity (Wildman–Crippen MR) is 141 cm³/mol. The summed E-state index contributed by atoms with van der Waals surface area (Å²) in [6, 6.07) is 0. The first kappa shape index (κ1) is 30.3. The van der Waals surface area contributed by atoms with E-state index in [-0.39, 0.29) is 40.8 Å². The Kier molecular flexibility index (Phi) is 10.4. The van der Waals surface area contributed by atoms with Crippen molar-refractivity contribution in [3.8, 4) is 0 Å². The van der Waals surface area contributed by atoms with Gasteiger partial charge in [0.15, 0.2) is 16.6 Å². The summed E-state index contributed by atoms with van der Waals surface area (Å²) in [5.41, 5.74) is 1.64. The predicted octanol–water partition coefficient (Wildman–Crippen LogP) is 7.58. The summed E-state index contributed by atoms with van der Waals surface area (Å²) in [6.07, 6.45) is 2.80. The van der Waals surface area contributed by atoms with E-state index in [0.717, 1.165) is 11.1 Å². The third-order valence-corrected chi connectivity index (χ3v) is 16.7. The van der Waals surface area contributed by atoms with Crippen LogP contribution >= 0.6 is 0 Å². The molecular formula is C26H49FO4Si2. The van der Waals surface area contributed by atoms with Crippen molar-refractivity contribution >= 4 is 22.6 Å². The molecule has 0 aromatic rings. The molecule has 0 N–H and O–H groups in total. The number of esters is 1. The van der Waals surface area contributed by atoms with Gasteiger partial charge in [0.25, 0.3) is 0 Å². The van der Waals surface area contributed by atoms with Crippen molar-refractivity contribution in [1.82, 2.24) is 0 Å². The summed E-state index contributed by atoms with van der Waals surface area (Å²) in [7, 11) is -4.28. The van der Waals surface area contributed by atoms with Crippen LogP contribution in [0.4, 0.5) is 4.39 Å². The first-order chi connectivity index (χ1) is 14.9. The highest BCUT2D eigenvalue weighted by atomic mass is 28.4. The van der Waals surface area contributed by atoms with Gasteiger partial charge in [0.05, 0.1) is 25.5 Å². The summed E-state index contributed by atoms with van der Waals surface area (Å²) in [6.45, 7) is 28.3. The van der Waals surface area contributed by atoms with Crippen LogP contribution in [0, 0.1) is 5.92 Å². The lowest BCUT2D eigenvalue weighted by molar-refractivity contribution is -0.137. The van der Waals surface area contributed by atoms with E-state index in [4.69, 9.17) is 13.6 Å². The molecular weight excluding hydrogens is 451 g/mol. The molecule has 1 saturated carbocycles. The van der Waals surface area contributed by atoms with Crippen molar-refractivity contribution in [2.75, 3.05) is 13.3 Å². The van der Waals surface area contributed by atoms with Crippen molar-refractivity contribution in [3.05, 3.63) is 23.8 Å². The topological polar surface area (TPSA) is 44.8 Å². The minimum atomic E-state index is -2.17. The van der Waals surface area contributed by atoms with Crippen LogP contribution in [0.25, 0.3) is 0 Å². The molecule has 0 radical (unpaired) electrons. The van der Waals surface area contributed by atoms with Crippen molar-refractivity contribution < 1.29 is 22.8 Å². The number of hydrogen-bond donors (Lipinski definition) is 0. The Morgan fingerprint density at radius 2 is 1.58 bits per heavy atom. The van der Waals surface area contributed by atoms with E-state index in [1.54, 1.807) is 13.0 Å². The largest absolute Gasteiger partial charge is 0.463 e. The van der Waals surface area contributed by atoms with E-state index >= 15 is 0 Å². The average molecular weight is 501 g/mol. The molecule has 4 nitrogen and oxygen atoms in total. The monoisotopic (exact) mass is 500 g/mol. The first-order valence-corrected chi connectivity index (χ1v) is 18.2. The van der Waals surface area contributed by atoms with E-state index in [0.29, 0.717) is 25.9 Å². The molecule has 192 valence electrons. The van der Waals surface area contributed by atoms with Crippen LogP contribution in [0.2, 0.25) is 36.3 Å². The number of halogens is 1. The zero-order valence-electron chi connectivity index (χ0n) is 23.1. The fourth-order valence-corrected chi connectivity index (χ4v) is 6.27. The maximum absolute atomic E-state index is 13.3. The molecule has 0 spiro atoms. The van der Waals surface area contributed by atoms with Gasteiger partial charge in [0.1, 0.15) is 0 Å². The van der Waals surface area contributed by atoms with Crippen LogP contribution in [-0.4, -0.2) is 48.1 Å². The third-order valence-electron chi connectivity index (χ3n) is 7.77. The second-order valence-electron chi connectivity index (χ2n) is 12.4. The molecule has 3 atom stereocenters. The van der Waals surface area contributed by atoms with Gasteiger partial charge in [-0.25, -0.2) is 4.79 Å². The van der Waals surface area contributed by atoms with Gasteiger partial charge >= 0.3 is 5.97 Å². The number of rotatable bonds is 9. The number of alkyl halides is 1. The van der Waals surface area contributed by atoms with E-state index in [9.17, 15) is 9.18 Å². The van der Waals surface area contributed by atoms with E-state index in [2.05, 4.69) is 74.3 Å². The zero-order chi connectivity index (χ0) is 25.8. The van der Waals surface area contributed by atoms with E-state index in [1.165, 1.54) is 0 Å². The molecule has 7 heteroatoms. The van der Waals surface area contributed by atoms with Crippen LogP contribution in [0.15, 0.2) is 23.8 Å². The number of carbonyl (C=O) groups excluding carboxylic acids is 1. The summed E-state index contributed by atoms with van der Waals surface area (Å²) in [5.74, 6) is -0.371. The van der Waals surface area contributed by atoms with Crippen LogP contribution in [0.5, 0.6) is 0 Å². The fourth-order valence-electron chi connectivity index (χ4n) is 3.60. The second-order valence-corrected chi connectivity index (χ2v) is 21.9. The maximum atomic E-state index is 13.3. The van der Waals surface area contributed by atoms with Crippen LogP contribution in [0.3, 0.4) is 0 Å². The van der Waals surface area contributed by atoms with Gasteiger partial charge in [-0.2, -0.15) is 0 Å². The quantitative estimate of drug-likeness (QED) is 0.186.